The first kappa shape index (κ1) is 14.1. The van der Waals surface area contributed by atoms with Crippen LogP contribution >= 0.6 is 11.6 Å². The summed E-state index contributed by atoms with van der Waals surface area (Å²) in [5.41, 5.74) is 4.43. The Morgan fingerprint density at radius 1 is 1.24 bits per heavy atom. The number of aromatic nitrogens is 2. The number of benzene rings is 1. The van der Waals surface area contributed by atoms with Crippen LogP contribution in [0.3, 0.4) is 0 Å². The lowest BCUT2D eigenvalue weighted by Crippen LogP contribution is -2.19. The van der Waals surface area contributed by atoms with Crippen LogP contribution in [0.2, 0.25) is 5.02 Å². The number of rotatable bonds is 4. The van der Waals surface area contributed by atoms with Crippen molar-refractivity contribution in [3.05, 3.63) is 70.6 Å². The molecule has 2 heterocycles. The largest absolute Gasteiger partial charge is 0.305 e. The fraction of sp³-hybridized carbons (Fsp3) is 0.235. The number of halogens is 1. The molecule has 0 saturated heterocycles. The SMILES string of the molecule is Cc1nc2ccccn2c1CNC(C)c1cccc(Cl)c1. The third-order valence-electron chi connectivity index (χ3n) is 3.75. The quantitative estimate of drug-likeness (QED) is 0.784. The Balaban J connectivity index is 1.79. The molecule has 0 amide bonds. The summed E-state index contributed by atoms with van der Waals surface area (Å²) in [6.07, 6.45) is 2.05. The highest BCUT2D eigenvalue weighted by atomic mass is 35.5. The van der Waals surface area contributed by atoms with Crippen molar-refractivity contribution >= 4 is 17.2 Å². The number of hydrogen-bond donors (Lipinski definition) is 1. The number of aryl methyl sites for hydroxylation is 1. The topological polar surface area (TPSA) is 29.3 Å². The molecule has 0 aliphatic heterocycles. The minimum atomic E-state index is 0.234. The van der Waals surface area contributed by atoms with Gasteiger partial charge in [-0.1, -0.05) is 29.8 Å². The zero-order valence-electron chi connectivity index (χ0n) is 12.2. The number of nitrogens with one attached hydrogen (secondary N) is 1. The zero-order valence-corrected chi connectivity index (χ0v) is 12.9. The molecule has 0 radical (unpaired) electrons. The first-order chi connectivity index (χ1) is 10.1. The van der Waals surface area contributed by atoms with E-state index in [4.69, 9.17) is 11.6 Å². The van der Waals surface area contributed by atoms with E-state index in [0.29, 0.717) is 0 Å². The second-order valence-corrected chi connectivity index (χ2v) is 5.67. The van der Waals surface area contributed by atoms with Crippen molar-refractivity contribution in [2.45, 2.75) is 26.4 Å². The van der Waals surface area contributed by atoms with Gasteiger partial charge >= 0.3 is 0 Å². The Kier molecular flexibility index (Phi) is 3.95. The van der Waals surface area contributed by atoms with Gasteiger partial charge in [-0.15, -0.1) is 0 Å². The summed E-state index contributed by atoms with van der Waals surface area (Å²) in [6, 6.07) is 14.3. The minimum absolute atomic E-state index is 0.234. The molecule has 0 aliphatic carbocycles. The molecule has 2 aromatic heterocycles. The van der Waals surface area contributed by atoms with Gasteiger partial charge in [-0.3, -0.25) is 0 Å². The van der Waals surface area contributed by atoms with Crippen molar-refractivity contribution < 1.29 is 0 Å². The summed E-state index contributed by atoms with van der Waals surface area (Å²) >= 11 is 6.05. The van der Waals surface area contributed by atoms with Crippen LogP contribution in [0.25, 0.3) is 5.65 Å². The second kappa shape index (κ2) is 5.88. The zero-order chi connectivity index (χ0) is 14.8. The molecule has 0 spiro atoms. The minimum Gasteiger partial charge on any atom is -0.305 e. The molecule has 0 aliphatic rings. The van der Waals surface area contributed by atoms with E-state index in [1.165, 1.54) is 11.3 Å². The van der Waals surface area contributed by atoms with E-state index in [0.717, 1.165) is 22.9 Å². The van der Waals surface area contributed by atoms with Crippen LogP contribution in [-0.2, 0) is 6.54 Å². The monoisotopic (exact) mass is 299 g/mol. The number of nitrogens with zero attached hydrogens (tertiary/aromatic N) is 2. The molecule has 1 atom stereocenters. The van der Waals surface area contributed by atoms with E-state index < -0.39 is 0 Å². The number of imidazole rings is 1. The van der Waals surface area contributed by atoms with Gasteiger partial charge in [-0.25, -0.2) is 4.98 Å². The Hall–Kier alpha value is -1.84. The lowest BCUT2D eigenvalue weighted by atomic mass is 10.1. The Labute approximate surface area is 129 Å². The first-order valence-corrected chi connectivity index (χ1v) is 7.44. The molecule has 3 nitrogen and oxygen atoms in total. The van der Waals surface area contributed by atoms with Gasteiger partial charge in [-0.2, -0.15) is 0 Å². The van der Waals surface area contributed by atoms with E-state index in [9.17, 15) is 0 Å². The highest BCUT2D eigenvalue weighted by Gasteiger charge is 2.10. The third-order valence-corrected chi connectivity index (χ3v) is 3.99. The van der Waals surface area contributed by atoms with Crippen LogP contribution in [0.1, 0.15) is 29.9 Å². The normalized spacial score (nSPS) is 12.7. The average molecular weight is 300 g/mol. The van der Waals surface area contributed by atoms with Crippen LogP contribution in [0.15, 0.2) is 48.7 Å². The summed E-state index contributed by atoms with van der Waals surface area (Å²) in [5.74, 6) is 0. The molecule has 3 aromatic rings. The van der Waals surface area contributed by atoms with Gasteiger partial charge in [0.2, 0.25) is 0 Å². The van der Waals surface area contributed by atoms with Gasteiger partial charge in [0.1, 0.15) is 5.65 Å². The van der Waals surface area contributed by atoms with Crippen molar-refractivity contribution in [1.82, 2.24) is 14.7 Å². The van der Waals surface area contributed by atoms with Crippen LogP contribution in [0.5, 0.6) is 0 Å². The molecule has 4 heteroatoms. The fourth-order valence-electron chi connectivity index (χ4n) is 2.52. The van der Waals surface area contributed by atoms with Gasteiger partial charge in [0.15, 0.2) is 0 Å². The van der Waals surface area contributed by atoms with E-state index in [1.807, 2.05) is 43.3 Å². The predicted molar refractivity (Wildman–Crippen MR) is 86.6 cm³/mol. The van der Waals surface area contributed by atoms with Crippen molar-refractivity contribution in [3.63, 3.8) is 0 Å². The van der Waals surface area contributed by atoms with Crippen molar-refractivity contribution in [3.8, 4) is 0 Å². The number of hydrogen-bond acceptors (Lipinski definition) is 2. The molecule has 108 valence electrons. The van der Waals surface area contributed by atoms with Crippen molar-refractivity contribution in [2.75, 3.05) is 0 Å². The van der Waals surface area contributed by atoms with E-state index in [2.05, 4.69) is 33.9 Å². The van der Waals surface area contributed by atoms with E-state index >= 15 is 0 Å². The maximum Gasteiger partial charge on any atom is 0.137 e. The number of fused-ring (bicyclic) bond motifs is 1. The van der Waals surface area contributed by atoms with Gasteiger partial charge in [-0.05, 0) is 43.7 Å². The van der Waals surface area contributed by atoms with Crippen LogP contribution < -0.4 is 5.32 Å². The van der Waals surface area contributed by atoms with Crippen molar-refractivity contribution in [2.24, 2.45) is 0 Å². The molecule has 0 saturated carbocycles. The van der Waals surface area contributed by atoms with E-state index in [1.54, 1.807) is 0 Å². The Morgan fingerprint density at radius 2 is 2.10 bits per heavy atom. The van der Waals surface area contributed by atoms with Crippen molar-refractivity contribution in [1.29, 1.82) is 0 Å². The van der Waals surface area contributed by atoms with Gasteiger partial charge in [0, 0.05) is 23.8 Å². The summed E-state index contributed by atoms with van der Waals surface area (Å²) in [7, 11) is 0. The van der Waals surface area contributed by atoms with Crippen LogP contribution in [0, 0.1) is 6.92 Å². The molecular formula is C17H18ClN3. The average Bonchev–Trinajstić information content (AvgIpc) is 2.80. The lowest BCUT2D eigenvalue weighted by Gasteiger charge is -2.15. The molecular weight excluding hydrogens is 282 g/mol. The molecule has 0 bridgehead atoms. The molecule has 0 fully saturated rings. The highest BCUT2D eigenvalue weighted by Crippen LogP contribution is 2.18. The Morgan fingerprint density at radius 3 is 2.90 bits per heavy atom. The molecule has 1 unspecified atom stereocenters. The maximum atomic E-state index is 6.05. The van der Waals surface area contributed by atoms with Gasteiger partial charge < -0.3 is 9.72 Å². The fourth-order valence-corrected chi connectivity index (χ4v) is 2.72. The molecule has 3 rings (SSSR count). The summed E-state index contributed by atoms with van der Waals surface area (Å²) in [6.45, 7) is 4.96. The highest BCUT2D eigenvalue weighted by molar-refractivity contribution is 6.30. The van der Waals surface area contributed by atoms with E-state index in [-0.39, 0.29) is 6.04 Å². The molecule has 1 N–H and O–H groups in total. The Bertz CT molecular complexity index is 764. The second-order valence-electron chi connectivity index (χ2n) is 5.23. The standard InChI is InChI=1S/C17H18ClN3/c1-12(14-6-5-7-15(18)10-14)19-11-16-13(2)20-17-8-3-4-9-21(16)17/h3-10,12,19H,11H2,1-2H3. The smallest absolute Gasteiger partial charge is 0.137 e. The summed E-state index contributed by atoms with van der Waals surface area (Å²) in [4.78, 5) is 4.58. The van der Waals surface area contributed by atoms with Gasteiger partial charge in [0.05, 0.1) is 11.4 Å². The van der Waals surface area contributed by atoms with Crippen LogP contribution in [0.4, 0.5) is 0 Å². The third kappa shape index (κ3) is 2.94. The molecule has 21 heavy (non-hydrogen) atoms. The lowest BCUT2D eigenvalue weighted by molar-refractivity contribution is 0.564. The first-order valence-electron chi connectivity index (χ1n) is 7.06. The molecule has 1 aromatic carbocycles. The maximum absolute atomic E-state index is 6.05. The summed E-state index contributed by atoms with van der Waals surface area (Å²) in [5, 5.41) is 4.31. The summed E-state index contributed by atoms with van der Waals surface area (Å²) < 4.78 is 2.13. The number of pyridine rings is 1. The van der Waals surface area contributed by atoms with Gasteiger partial charge in [0.25, 0.3) is 0 Å². The predicted octanol–water partition coefficient (Wildman–Crippen LogP) is 4.15. The van der Waals surface area contributed by atoms with Crippen LogP contribution in [-0.4, -0.2) is 9.38 Å².